The lowest BCUT2D eigenvalue weighted by atomic mass is 9.73. The predicted octanol–water partition coefficient (Wildman–Crippen LogP) is 1.12. The van der Waals surface area contributed by atoms with E-state index < -0.39 is 23.8 Å². The minimum Gasteiger partial charge on any atom is -0.469 e. The van der Waals surface area contributed by atoms with Gasteiger partial charge < -0.3 is 9.47 Å². The van der Waals surface area contributed by atoms with Crippen molar-refractivity contribution in [2.24, 2.45) is 23.7 Å². The van der Waals surface area contributed by atoms with Crippen LogP contribution in [0.2, 0.25) is 0 Å². The molecule has 4 atom stereocenters. The fourth-order valence-electron chi connectivity index (χ4n) is 3.13. The molecule has 0 heterocycles. The van der Waals surface area contributed by atoms with E-state index in [1.807, 2.05) is 6.92 Å². The number of carbonyl (C=O) groups excluding carboxylic acids is 3. The number of hydrogen-bond acceptors (Lipinski definition) is 5. The Hall–Kier alpha value is -1.65. The molecule has 19 heavy (non-hydrogen) atoms. The molecule has 0 unspecified atom stereocenters. The maximum Gasteiger partial charge on any atom is 0.313 e. The van der Waals surface area contributed by atoms with E-state index in [0.717, 1.165) is 0 Å². The van der Waals surface area contributed by atoms with E-state index in [1.165, 1.54) is 14.2 Å². The molecule has 5 heteroatoms. The SMILES string of the molecule is COC(=O)[C@H]1C=C2C(=O)C[C@@H](C)[C@@H]2C[C@@H]1C(=O)OC. The highest BCUT2D eigenvalue weighted by Crippen LogP contribution is 2.44. The Kier molecular flexibility index (Phi) is 3.73. The number of ether oxygens (including phenoxy) is 2. The summed E-state index contributed by atoms with van der Waals surface area (Å²) in [7, 11) is 2.58. The summed E-state index contributed by atoms with van der Waals surface area (Å²) in [4.78, 5) is 35.5. The molecule has 0 aromatic heterocycles. The van der Waals surface area contributed by atoms with Crippen LogP contribution in [-0.4, -0.2) is 31.9 Å². The van der Waals surface area contributed by atoms with Gasteiger partial charge in [-0.2, -0.15) is 0 Å². The molecule has 2 rings (SSSR count). The van der Waals surface area contributed by atoms with Gasteiger partial charge in [-0.15, -0.1) is 0 Å². The first kappa shape index (κ1) is 13.8. The molecule has 1 saturated carbocycles. The standard InChI is InChI=1S/C14H18O5/c1-7-4-12(15)9-6-11(14(17)19-3)10(5-8(7)9)13(16)18-2/h6-8,10-11H,4-5H2,1-3H3/t7-,8+,10+,11+/m1/s1. The van der Waals surface area contributed by atoms with Gasteiger partial charge in [0.15, 0.2) is 5.78 Å². The summed E-state index contributed by atoms with van der Waals surface area (Å²) in [5.41, 5.74) is 0.683. The van der Waals surface area contributed by atoms with E-state index in [4.69, 9.17) is 9.47 Å². The monoisotopic (exact) mass is 266 g/mol. The van der Waals surface area contributed by atoms with E-state index in [-0.39, 0.29) is 17.6 Å². The second-order valence-electron chi connectivity index (χ2n) is 5.25. The molecule has 0 bridgehead atoms. The third-order valence-corrected chi connectivity index (χ3v) is 4.19. The molecule has 2 aliphatic rings. The summed E-state index contributed by atoms with van der Waals surface area (Å²) < 4.78 is 9.49. The number of hydrogen-bond donors (Lipinski definition) is 0. The number of ketones is 1. The first-order chi connectivity index (χ1) is 8.99. The van der Waals surface area contributed by atoms with Crippen molar-refractivity contribution in [2.45, 2.75) is 19.8 Å². The lowest BCUT2D eigenvalue weighted by Gasteiger charge is -2.30. The molecule has 0 aromatic carbocycles. The van der Waals surface area contributed by atoms with E-state index in [1.54, 1.807) is 6.08 Å². The Morgan fingerprint density at radius 3 is 2.42 bits per heavy atom. The van der Waals surface area contributed by atoms with Gasteiger partial charge >= 0.3 is 11.9 Å². The zero-order valence-corrected chi connectivity index (χ0v) is 11.3. The topological polar surface area (TPSA) is 69.7 Å². The first-order valence-electron chi connectivity index (χ1n) is 6.40. The van der Waals surface area contributed by atoms with Crippen molar-refractivity contribution in [3.63, 3.8) is 0 Å². The van der Waals surface area contributed by atoms with Crippen molar-refractivity contribution in [3.05, 3.63) is 11.6 Å². The van der Waals surface area contributed by atoms with Gasteiger partial charge in [-0.05, 0) is 23.8 Å². The summed E-state index contributed by atoms with van der Waals surface area (Å²) in [5.74, 6) is -1.83. The normalized spacial score (nSPS) is 33.4. The summed E-state index contributed by atoms with van der Waals surface area (Å²) in [6.07, 6.45) is 2.58. The van der Waals surface area contributed by atoms with Gasteiger partial charge in [0.05, 0.1) is 26.1 Å². The molecular formula is C14H18O5. The Labute approximate surface area is 111 Å². The summed E-state index contributed by atoms with van der Waals surface area (Å²) >= 11 is 0. The van der Waals surface area contributed by atoms with Crippen LogP contribution in [-0.2, 0) is 23.9 Å². The maximum absolute atomic E-state index is 11.9. The lowest BCUT2D eigenvalue weighted by Crippen LogP contribution is -2.36. The van der Waals surface area contributed by atoms with Gasteiger partial charge in [-0.1, -0.05) is 13.0 Å². The van der Waals surface area contributed by atoms with E-state index in [9.17, 15) is 14.4 Å². The van der Waals surface area contributed by atoms with Crippen LogP contribution in [0.25, 0.3) is 0 Å². The summed E-state index contributed by atoms with van der Waals surface area (Å²) in [6, 6.07) is 0. The highest BCUT2D eigenvalue weighted by molar-refractivity contribution is 6.00. The van der Waals surface area contributed by atoms with Crippen molar-refractivity contribution in [2.75, 3.05) is 14.2 Å². The zero-order valence-electron chi connectivity index (χ0n) is 11.3. The molecular weight excluding hydrogens is 248 g/mol. The maximum atomic E-state index is 11.9. The zero-order chi connectivity index (χ0) is 14.2. The summed E-state index contributed by atoms with van der Waals surface area (Å²) in [6.45, 7) is 2.00. The Morgan fingerprint density at radius 2 is 1.84 bits per heavy atom. The molecule has 1 fully saturated rings. The molecule has 2 aliphatic carbocycles. The number of esters is 2. The molecule has 104 valence electrons. The van der Waals surface area contributed by atoms with Crippen molar-refractivity contribution >= 4 is 17.7 Å². The quantitative estimate of drug-likeness (QED) is 0.700. The molecule has 0 aromatic rings. The van der Waals surface area contributed by atoms with E-state index >= 15 is 0 Å². The van der Waals surface area contributed by atoms with Crippen molar-refractivity contribution < 1.29 is 23.9 Å². The van der Waals surface area contributed by atoms with E-state index in [0.29, 0.717) is 18.4 Å². The Balaban J connectivity index is 2.37. The fraction of sp³-hybridized carbons (Fsp3) is 0.643. The number of fused-ring (bicyclic) bond motifs is 1. The highest BCUT2D eigenvalue weighted by Gasteiger charge is 2.46. The van der Waals surface area contributed by atoms with Crippen LogP contribution in [0.15, 0.2) is 11.6 Å². The van der Waals surface area contributed by atoms with E-state index in [2.05, 4.69) is 0 Å². The van der Waals surface area contributed by atoms with Crippen LogP contribution in [0, 0.1) is 23.7 Å². The minimum atomic E-state index is -0.710. The lowest BCUT2D eigenvalue weighted by molar-refractivity contribution is -0.156. The highest BCUT2D eigenvalue weighted by atomic mass is 16.5. The Morgan fingerprint density at radius 1 is 1.21 bits per heavy atom. The number of allylic oxidation sites excluding steroid dienone is 1. The number of rotatable bonds is 2. The van der Waals surface area contributed by atoms with Crippen LogP contribution in [0.1, 0.15) is 19.8 Å². The number of Topliss-reactive ketones (excluding diaryl/α,β-unsaturated/α-hetero) is 1. The minimum absolute atomic E-state index is 0.0532. The third-order valence-electron chi connectivity index (χ3n) is 4.19. The van der Waals surface area contributed by atoms with Crippen LogP contribution in [0.5, 0.6) is 0 Å². The Bertz CT molecular complexity index is 451. The second kappa shape index (κ2) is 5.15. The molecule has 0 saturated heterocycles. The van der Waals surface area contributed by atoms with Crippen molar-refractivity contribution in [1.82, 2.24) is 0 Å². The molecule has 0 amide bonds. The summed E-state index contributed by atoms with van der Waals surface area (Å²) in [5, 5.41) is 0. The smallest absolute Gasteiger partial charge is 0.313 e. The number of carbonyl (C=O) groups is 3. The van der Waals surface area contributed by atoms with Gasteiger partial charge in [0, 0.05) is 6.42 Å². The molecule has 0 radical (unpaired) electrons. The molecule has 5 nitrogen and oxygen atoms in total. The number of methoxy groups -OCH3 is 2. The largest absolute Gasteiger partial charge is 0.469 e. The van der Waals surface area contributed by atoms with Crippen molar-refractivity contribution in [3.8, 4) is 0 Å². The van der Waals surface area contributed by atoms with Crippen LogP contribution in [0.4, 0.5) is 0 Å². The van der Waals surface area contributed by atoms with Crippen LogP contribution in [0.3, 0.4) is 0 Å². The average molecular weight is 266 g/mol. The fourth-order valence-corrected chi connectivity index (χ4v) is 3.13. The molecule has 0 aliphatic heterocycles. The second-order valence-corrected chi connectivity index (χ2v) is 5.25. The third kappa shape index (κ3) is 2.29. The van der Waals surface area contributed by atoms with Crippen LogP contribution >= 0.6 is 0 Å². The van der Waals surface area contributed by atoms with Gasteiger partial charge in [0.1, 0.15) is 0 Å². The average Bonchev–Trinajstić information content (AvgIpc) is 2.70. The van der Waals surface area contributed by atoms with Gasteiger partial charge in [-0.3, -0.25) is 14.4 Å². The van der Waals surface area contributed by atoms with Gasteiger partial charge in [0.2, 0.25) is 0 Å². The predicted molar refractivity (Wildman–Crippen MR) is 66.0 cm³/mol. The van der Waals surface area contributed by atoms with Gasteiger partial charge in [-0.25, -0.2) is 0 Å². The van der Waals surface area contributed by atoms with Gasteiger partial charge in [0.25, 0.3) is 0 Å². The van der Waals surface area contributed by atoms with Crippen LogP contribution < -0.4 is 0 Å². The molecule has 0 N–H and O–H groups in total. The molecule has 0 spiro atoms. The first-order valence-corrected chi connectivity index (χ1v) is 6.40. The van der Waals surface area contributed by atoms with Crippen molar-refractivity contribution in [1.29, 1.82) is 0 Å².